The fourth-order valence-corrected chi connectivity index (χ4v) is 3.51. The molecule has 2 heterocycles. The number of nitrogens with two attached hydrogens (primary N) is 1. The molecule has 0 amide bonds. The van der Waals surface area contributed by atoms with Crippen LogP contribution in [0.1, 0.15) is 50.1 Å². The van der Waals surface area contributed by atoms with Crippen LogP contribution in [0.4, 0.5) is 0 Å². The Hall–Kier alpha value is -1.00. The van der Waals surface area contributed by atoms with E-state index in [1.54, 1.807) is 12.4 Å². The number of rotatable bonds is 2. The van der Waals surface area contributed by atoms with Gasteiger partial charge in [0.2, 0.25) is 0 Å². The first-order valence-electron chi connectivity index (χ1n) is 6.95. The van der Waals surface area contributed by atoms with Gasteiger partial charge >= 0.3 is 0 Å². The van der Waals surface area contributed by atoms with Crippen LogP contribution < -0.4 is 5.73 Å². The van der Waals surface area contributed by atoms with Crippen molar-refractivity contribution in [2.75, 3.05) is 6.61 Å². The lowest BCUT2D eigenvalue weighted by Gasteiger charge is -2.40. The first kappa shape index (κ1) is 12.1. The van der Waals surface area contributed by atoms with E-state index in [1.165, 1.54) is 25.7 Å². The summed E-state index contributed by atoms with van der Waals surface area (Å²) in [6.45, 7) is 0.858. The summed E-state index contributed by atoms with van der Waals surface area (Å²) in [6, 6.07) is 2.05. The van der Waals surface area contributed by atoms with Crippen LogP contribution in [0.15, 0.2) is 18.5 Å². The fourth-order valence-electron chi connectivity index (χ4n) is 3.51. The molecule has 1 aliphatic carbocycles. The lowest BCUT2D eigenvalue weighted by molar-refractivity contribution is -0.0964. The molecule has 1 saturated carbocycles. The van der Waals surface area contributed by atoms with Gasteiger partial charge in [-0.15, -0.1) is 0 Å². The Morgan fingerprint density at radius 3 is 2.89 bits per heavy atom. The molecule has 2 unspecified atom stereocenters. The van der Waals surface area contributed by atoms with Crippen molar-refractivity contribution in [2.24, 2.45) is 11.7 Å². The van der Waals surface area contributed by atoms with E-state index in [-0.39, 0.29) is 11.6 Å². The number of hydrogen-bond acceptors (Lipinski definition) is 4. The average Bonchev–Trinajstić information content (AvgIpc) is 2.87. The van der Waals surface area contributed by atoms with E-state index in [2.05, 4.69) is 10.2 Å². The van der Waals surface area contributed by atoms with Gasteiger partial charge in [0.15, 0.2) is 0 Å². The average molecular weight is 247 g/mol. The monoisotopic (exact) mass is 247 g/mol. The third-order valence-electron chi connectivity index (χ3n) is 4.55. The van der Waals surface area contributed by atoms with Crippen LogP contribution in [0.25, 0.3) is 0 Å². The Morgan fingerprint density at radius 2 is 2.17 bits per heavy atom. The van der Waals surface area contributed by atoms with Crippen molar-refractivity contribution in [3.63, 3.8) is 0 Å². The Kier molecular flexibility index (Phi) is 3.31. The number of aromatic nitrogens is 2. The van der Waals surface area contributed by atoms with Gasteiger partial charge in [-0.3, -0.25) is 0 Å². The van der Waals surface area contributed by atoms with Crippen LogP contribution in [0.3, 0.4) is 0 Å². The maximum Gasteiger partial charge on any atom is 0.0685 e. The minimum Gasteiger partial charge on any atom is -0.375 e. The first-order chi connectivity index (χ1) is 8.79. The smallest absolute Gasteiger partial charge is 0.0685 e. The molecule has 0 radical (unpaired) electrons. The minimum absolute atomic E-state index is 0.0712. The second-order valence-electron chi connectivity index (χ2n) is 5.69. The standard InChI is InChI=1S/C14H21N3O/c15-13(12-3-7-16-17-10-12)11-4-8-18-14(9-11)5-1-2-6-14/h3,7,10-11,13H,1-2,4-6,8-9,15H2. The van der Waals surface area contributed by atoms with Gasteiger partial charge in [0.1, 0.15) is 0 Å². The second-order valence-corrected chi connectivity index (χ2v) is 5.69. The lowest BCUT2D eigenvalue weighted by atomic mass is 9.79. The minimum atomic E-state index is 0.0712. The van der Waals surface area contributed by atoms with E-state index in [0.29, 0.717) is 5.92 Å². The molecule has 1 aliphatic heterocycles. The van der Waals surface area contributed by atoms with Gasteiger partial charge in [-0.1, -0.05) is 12.8 Å². The van der Waals surface area contributed by atoms with E-state index in [9.17, 15) is 0 Å². The molecule has 0 bridgehead atoms. The summed E-state index contributed by atoms with van der Waals surface area (Å²) in [5.41, 5.74) is 7.64. The molecule has 1 saturated heterocycles. The molecular weight excluding hydrogens is 226 g/mol. The van der Waals surface area contributed by atoms with Crippen molar-refractivity contribution in [3.05, 3.63) is 24.0 Å². The summed E-state index contributed by atoms with van der Waals surface area (Å²) in [6.07, 6.45) is 10.7. The predicted octanol–water partition coefficient (Wildman–Crippen LogP) is 2.22. The summed E-state index contributed by atoms with van der Waals surface area (Å²) < 4.78 is 6.06. The van der Waals surface area contributed by atoms with Crippen LogP contribution >= 0.6 is 0 Å². The van der Waals surface area contributed by atoms with Crippen LogP contribution in [-0.2, 0) is 4.74 Å². The highest BCUT2D eigenvalue weighted by Gasteiger charge is 2.41. The van der Waals surface area contributed by atoms with Gasteiger partial charge < -0.3 is 10.5 Å². The maximum atomic E-state index is 6.40. The van der Waals surface area contributed by atoms with Gasteiger partial charge in [-0.05, 0) is 43.2 Å². The molecule has 98 valence electrons. The SMILES string of the molecule is NC(c1ccnnc1)C1CCOC2(CCCC2)C1. The van der Waals surface area contributed by atoms with E-state index < -0.39 is 0 Å². The highest BCUT2D eigenvalue weighted by Crippen LogP contribution is 2.44. The van der Waals surface area contributed by atoms with Crippen molar-refractivity contribution >= 4 is 0 Å². The van der Waals surface area contributed by atoms with Crippen molar-refractivity contribution < 1.29 is 4.74 Å². The van der Waals surface area contributed by atoms with Gasteiger partial charge in [0.05, 0.1) is 11.8 Å². The van der Waals surface area contributed by atoms with Crippen LogP contribution in [0, 0.1) is 5.92 Å². The highest BCUT2D eigenvalue weighted by atomic mass is 16.5. The van der Waals surface area contributed by atoms with Gasteiger partial charge in [-0.2, -0.15) is 10.2 Å². The molecule has 2 N–H and O–H groups in total. The first-order valence-corrected chi connectivity index (χ1v) is 6.95. The molecule has 1 aromatic rings. The Morgan fingerprint density at radius 1 is 1.33 bits per heavy atom. The van der Waals surface area contributed by atoms with Gasteiger partial charge in [0, 0.05) is 18.8 Å². The molecule has 18 heavy (non-hydrogen) atoms. The fraction of sp³-hybridized carbons (Fsp3) is 0.714. The molecule has 4 heteroatoms. The zero-order chi connectivity index (χ0) is 12.4. The zero-order valence-corrected chi connectivity index (χ0v) is 10.7. The largest absolute Gasteiger partial charge is 0.375 e. The van der Waals surface area contributed by atoms with Crippen LogP contribution in [-0.4, -0.2) is 22.4 Å². The summed E-state index contributed by atoms with van der Waals surface area (Å²) in [7, 11) is 0. The van der Waals surface area contributed by atoms with Crippen LogP contribution in [0.5, 0.6) is 0 Å². The third-order valence-corrected chi connectivity index (χ3v) is 4.55. The normalized spacial score (nSPS) is 28.4. The molecule has 3 rings (SSSR count). The van der Waals surface area contributed by atoms with Crippen molar-refractivity contribution in [1.82, 2.24) is 10.2 Å². The molecular formula is C14H21N3O. The Labute approximate surface area is 108 Å². The van der Waals surface area contributed by atoms with Gasteiger partial charge in [0.25, 0.3) is 0 Å². The van der Waals surface area contributed by atoms with E-state index in [1.807, 2.05) is 6.07 Å². The van der Waals surface area contributed by atoms with E-state index in [4.69, 9.17) is 10.5 Å². The van der Waals surface area contributed by atoms with E-state index in [0.717, 1.165) is 25.0 Å². The number of hydrogen-bond donors (Lipinski definition) is 1. The molecule has 0 aromatic carbocycles. The molecule has 2 fully saturated rings. The quantitative estimate of drug-likeness (QED) is 0.870. The van der Waals surface area contributed by atoms with Crippen molar-refractivity contribution in [3.8, 4) is 0 Å². The topological polar surface area (TPSA) is 61.0 Å². The van der Waals surface area contributed by atoms with E-state index >= 15 is 0 Å². The predicted molar refractivity (Wildman–Crippen MR) is 68.8 cm³/mol. The third kappa shape index (κ3) is 2.27. The number of ether oxygens (including phenoxy) is 1. The van der Waals surface area contributed by atoms with Crippen molar-refractivity contribution in [2.45, 2.75) is 50.2 Å². The zero-order valence-electron chi connectivity index (χ0n) is 10.7. The summed E-state index contributed by atoms with van der Waals surface area (Å²) in [5.74, 6) is 0.515. The van der Waals surface area contributed by atoms with Gasteiger partial charge in [-0.25, -0.2) is 0 Å². The summed E-state index contributed by atoms with van der Waals surface area (Å²) >= 11 is 0. The van der Waals surface area contributed by atoms with Crippen molar-refractivity contribution in [1.29, 1.82) is 0 Å². The summed E-state index contributed by atoms with van der Waals surface area (Å²) in [5, 5.41) is 7.74. The van der Waals surface area contributed by atoms with Crippen LogP contribution in [0.2, 0.25) is 0 Å². The summed E-state index contributed by atoms with van der Waals surface area (Å²) in [4.78, 5) is 0. The lowest BCUT2D eigenvalue weighted by Crippen LogP contribution is -2.40. The molecule has 2 aliphatic rings. The molecule has 4 nitrogen and oxygen atoms in total. The molecule has 1 spiro atoms. The molecule has 1 aromatic heterocycles. The Balaban J connectivity index is 1.72. The molecule has 2 atom stereocenters. The second kappa shape index (κ2) is 4.94. The highest BCUT2D eigenvalue weighted by molar-refractivity contribution is 5.13. The number of nitrogens with zero attached hydrogens (tertiary/aromatic N) is 2. The Bertz CT molecular complexity index is 389. The maximum absolute atomic E-state index is 6.40.